The van der Waals surface area contributed by atoms with Gasteiger partial charge in [-0.05, 0) is 55.3 Å². The molecule has 1 atom stereocenters. The Labute approximate surface area is 203 Å². The number of ether oxygens (including phenoxy) is 2. The molecule has 0 saturated heterocycles. The summed E-state index contributed by atoms with van der Waals surface area (Å²) < 4.78 is 11.6. The average Bonchev–Trinajstić information content (AvgIpc) is 3.23. The Morgan fingerprint density at radius 1 is 1.06 bits per heavy atom. The molecule has 1 aliphatic rings. The van der Waals surface area contributed by atoms with Gasteiger partial charge in [-0.25, -0.2) is 15.0 Å². The van der Waals surface area contributed by atoms with Gasteiger partial charge in [0.25, 0.3) is 0 Å². The van der Waals surface area contributed by atoms with Crippen LogP contribution in [-0.2, 0) is 17.8 Å². The molecule has 34 heavy (non-hydrogen) atoms. The molecular formula is C27H25ClN4O2. The summed E-state index contributed by atoms with van der Waals surface area (Å²) in [6, 6.07) is 20.2. The Hall–Kier alpha value is -3.64. The monoisotopic (exact) mass is 472 g/mol. The zero-order valence-electron chi connectivity index (χ0n) is 19.1. The normalized spacial score (nSPS) is 15.1. The number of anilines is 2. The van der Waals surface area contributed by atoms with E-state index in [4.69, 9.17) is 21.1 Å². The Morgan fingerprint density at radius 3 is 2.76 bits per heavy atom. The van der Waals surface area contributed by atoms with Gasteiger partial charge in [-0.2, -0.15) is 0 Å². The smallest absolute Gasteiger partial charge is 0.188 e. The fourth-order valence-electron chi connectivity index (χ4n) is 3.92. The lowest BCUT2D eigenvalue weighted by Crippen LogP contribution is -2.04. The average molecular weight is 473 g/mol. The van der Waals surface area contributed by atoms with Gasteiger partial charge >= 0.3 is 0 Å². The summed E-state index contributed by atoms with van der Waals surface area (Å²) in [6.07, 6.45) is 2.20. The molecule has 172 valence electrons. The predicted molar refractivity (Wildman–Crippen MR) is 136 cm³/mol. The second-order valence-electron chi connectivity index (χ2n) is 8.48. The number of aryl methyl sites for hydroxylation is 1. The highest BCUT2D eigenvalue weighted by atomic mass is 35.5. The van der Waals surface area contributed by atoms with Gasteiger partial charge in [-0.1, -0.05) is 47.5 Å². The SMILES string of the molecule is Cc1cccc(COc2ccc(Nc3ncnc4ccc(CC5=NC(C)CO5)cc34)cc2Cl)c1. The molecule has 0 radical (unpaired) electrons. The Morgan fingerprint density at radius 2 is 1.97 bits per heavy atom. The molecule has 1 N–H and O–H groups in total. The summed E-state index contributed by atoms with van der Waals surface area (Å²) in [5.41, 5.74) is 5.06. The summed E-state index contributed by atoms with van der Waals surface area (Å²) in [7, 11) is 0. The first-order chi connectivity index (χ1) is 16.5. The second-order valence-corrected chi connectivity index (χ2v) is 8.89. The number of aliphatic imine (C=N–C) groups is 1. The molecule has 1 aromatic heterocycles. The number of nitrogens with zero attached hydrogens (tertiary/aromatic N) is 3. The molecular weight excluding hydrogens is 448 g/mol. The van der Waals surface area contributed by atoms with Gasteiger partial charge in [0.1, 0.15) is 31.1 Å². The van der Waals surface area contributed by atoms with Crippen LogP contribution in [0.1, 0.15) is 23.6 Å². The third-order valence-corrected chi connectivity index (χ3v) is 5.88. The number of aromatic nitrogens is 2. The fraction of sp³-hybridized carbons (Fsp3) is 0.222. The third kappa shape index (κ3) is 5.13. The lowest BCUT2D eigenvalue weighted by atomic mass is 10.1. The molecule has 1 aliphatic heterocycles. The summed E-state index contributed by atoms with van der Waals surface area (Å²) in [6.45, 7) is 5.22. The topological polar surface area (TPSA) is 68.6 Å². The largest absolute Gasteiger partial charge is 0.487 e. The van der Waals surface area contributed by atoms with Crippen molar-refractivity contribution in [1.82, 2.24) is 9.97 Å². The van der Waals surface area contributed by atoms with Crippen molar-refractivity contribution >= 4 is 39.9 Å². The van der Waals surface area contributed by atoms with Crippen molar-refractivity contribution in [1.29, 1.82) is 0 Å². The molecule has 0 fully saturated rings. The maximum absolute atomic E-state index is 6.52. The van der Waals surface area contributed by atoms with Gasteiger partial charge < -0.3 is 14.8 Å². The molecule has 5 rings (SSSR count). The fourth-order valence-corrected chi connectivity index (χ4v) is 4.15. The van der Waals surface area contributed by atoms with Crippen LogP contribution in [0.2, 0.25) is 5.02 Å². The number of fused-ring (bicyclic) bond motifs is 1. The minimum atomic E-state index is 0.213. The van der Waals surface area contributed by atoms with Gasteiger partial charge in [-0.15, -0.1) is 0 Å². The van der Waals surface area contributed by atoms with Crippen LogP contribution in [-0.4, -0.2) is 28.5 Å². The number of halogens is 1. The number of hydrogen-bond donors (Lipinski definition) is 1. The van der Waals surface area contributed by atoms with E-state index in [0.717, 1.165) is 33.6 Å². The Balaban J connectivity index is 1.33. The van der Waals surface area contributed by atoms with E-state index in [1.54, 1.807) is 6.33 Å². The van der Waals surface area contributed by atoms with Crippen LogP contribution in [0.4, 0.5) is 11.5 Å². The zero-order valence-corrected chi connectivity index (χ0v) is 19.8. The second kappa shape index (κ2) is 9.69. The van der Waals surface area contributed by atoms with E-state index in [1.807, 2.05) is 49.4 Å². The maximum Gasteiger partial charge on any atom is 0.188 e. The van der Waals surface area contributed by atoms with E-state index in [1.165, 1.54) is 5.56 Å². The van der Waals surface area contributed by atoms with Crippen molar-refractivity contribution in [3.63, 3.8) is 0 Å². The van der Waals surface area contributed by atoms with E-state index < -0.39 is 0 Å². The molecule has 3 aromatic carbocycles. The molecule has 0 spiro atoms. The predicted octanol–water partition coefficient (Wildman–Crippen LogP) is 6.27. The first kappa shape index (κ1) is 22.2. The van der Waals surface area contributed by atoms with Crippen molar-refractivity contribution < 1.29 is 9.47 Å². The molecule has 0 aliphatic carbocycles. The van der Waals surface area contributed by atoms with Crippen molar-refractivity contribution in [2.75, 3.05) is 11.9 Å². The van der Waals surface area contributed by atoms with E-state index >= 15 is 0 Å². The lowest BCUT2D eigenvalue weighted by Gasteiger charge is -2.12. The number of benzene rings is 3. The first-order valence-electron chi connectivity index (χ1n) is 11.2. The van der Waals surface area contributed by atoms with Crippen molar-refractivity contribution in [2.45, 2.75) is 32.9 Å². The van der Waals surface area contributed by atoms with Gasteiger partial charge in [0, 0.05) is 17.5 Å². The minimum absolute atomic E-state index is 0.213. The van der Waals surface area contributed by atoms with Crippen molar-refractivity contribution in [3.05, 3.63) is 88.7 Å². The number of rotatable bonds is 7. The highest BCUT2D eigenvalue weighted by molar-refractivity contribution is 6.32. The van der Waals surface area contributed by atoms with Crippen molar-refractivity contribution in [3.8, 4) is 5.75 Å². The molecule has 0 amide bonds. The van der Waals surface area contributed by atoms with Crippen LogP contribution in [0.3, 0.4) is 0 Å². The van der Waals surface area contributed by atoms with Crippen LogP contribution >= 0.6 is 11.6 Å². The molecule has 2 heterocycles. The van der Waals surface area contributed by atoms with E-state index in [0.29, 0.717) is 36.2 Å². The lowest BCUT2D eigenvalue weighted by molar-refractivity contribution is 0.306. The van der Waals surface area contributed by atoms with E-state index in [2.05, 4.69) is 45.4 Å². The molecule has 0 saturated carbocycles. The van der Waals surface area contributed by atoms with Crippen LogP contribution < -0.4 is 10.1 Å². The standard InChI is InChI=1S/C27H25ClN4O2/c1-17-4-3-5-20(10-17)15-33-25-9-7-21(13-23(25)28)32-27-22-11-19(6-8-24(22)29-16-30-27)12-26-31-18(2)14-34-26/h3-11,13,16,18H,12,14-15H2,1-2H3,(H,29,30,32). The van der Waals surface area contributed by atoms with Crippen LogP contribution in [0.15, 0.2) is 72.0 Å². The molecule has 4 aromatic rings. The Bertz CT molecular complexity index is 1370. The zero-order chi connectivity index (χ0) is 23.5. The van der Waals surface area contributed by atoms with Crippen LogP contribution in [0, 0.1) is 6.92 Å². The highest BCUT2D eigenvalue weighted by Gasteiger charge is 2.15. The van der Waals surface area contributed by atoms with E-state index in [9.17, 15) is 0 Å². The van der Waals surface area contributed by atoms with Gasteiger partial charge in [-0.3, -0.25) is 0 Å². The van der Waals surface area contributed by atoms with Crippen molar-refractivity contribution in [2.24, 2.45) is 4.99 Å². The van der Waals surface area contributed by atoms with Crippen LogP contribution in [0.25, 0.3) is 10.9 Å². The highest BCUT2D eigenvalue weighted by Crippen LogP contribution is 2.31. The Kier molecular flexibility index (Phi) is 6.32. The minimum Gasteiger partial charge on any atom is -0.487 e. The summed E-state index contributed by atoms with van der Waals surface area (Å²) in [5.74, 6) is 2.11. The van der Waals surface area contributed by atoms with Gasteiger partial charge in [0.2, 0.25) is 0 Å². The first-order valence-corrected chi connectivity index (χ1v) is 11.6. The number of nitrogens with one attached hydrogen (secondary N) is 1. The summed E-state index contributed by atoms with van der Waals surface area (Å²) in [5, 5.41) is 4.82. The quantitative estimate of drug-likeness (QED) is 0.343. The number of hydrogen-bond acceptors (Lipinski definition) is 6. The van der Waals surface area contributed by atoms with Gasteiger partial charge in [0.15, 0.2) is 5.90 Å². The summed E-state index contributed by atoms with van der Waals surface area (Å²) in [4.78, 5) is 13.4. The van der Waals surface area contributed by atoms with Gasteiger partial charge in [0.05, 0.1) is 16.6 Å². The maximum atomic E-state index is 6.52. The third-order valence-electron chi connectivity index (χ3n) is 5.58. The molecule has 6 nitrogen and oxygen atoms in total. The summed E-state index contributed by atoms with van der Waals surface area (Å²) >= 11 is 6.52. The van der Waals surface area contributed by atoms with Crippen LogP contribution in [0.5, 0.6) is 5.75 Å². The van der Waals surface area contributed by atoms with E-state index in [-0.39, 0.29) is 6.04 Å². The molecule has 0 bridgehead atoms. The molecule has 7 heteroatoms. The molecule has 1 unspecified atom stereocenters.